The molecule has 0 bridgehead atoms. The number of nitrogens with zero attached hydrogens (tertiary/aromatic N) is 2. The molecule has 1 saturated heterocycles. The number of rotatable bonds is 8. The lowest BCUT2D eigenvalue weighted by molar-refractivity contribution is -0.135. The Hall–Kier alpha value is -3.02. The summed E-state index contributed by atoms with van der Waals surface area (Å²) in [6.45, 7) is 1.54. The van der Waals surface area contributed by atoms with Gasteiger partial charge in [-0.2, -0.15) is 0 Å². The molecule has 0 aromatic heterocycles. The van der Waals surface area contributed by atoms with Crippen LogP contribution in [0, 0.1) is 5.92 Å². The minimum absolute atomic E-state index is 0.0153. The molecule has 1 atom stereocenters. The summed E-state index contributed by atoms with van der Waals surface area (Å²) in [5.41, 5.74) is 2.09. The molecular formula is C23H28N2O4. The van der Waals surface area contributed by atoms with Crippen molar-refractivity contribution in [3.05, 3.63) is 59.7 Å². The molecule has 1 aliphatic heterocycles. The van der Waals surface area contributed by atoms with Crippen molar-refractivity contribution in [2.24, 2.45) is 5.92 Å². The van der Waals surface area contributed by atoms with Gasteiger partial charge in [-0.3, -0.25) is 9.59 Å². The number of carbonyl (C=O) groups excluding carboxylic acids is 2. The van der Waals surface area contributed by atoms with E-state index in [-0.39, 0.29) is 24.2 Å². The molecule has 154 valence electrons. The SMILES string of the molecule is COc1ccc(CN(C)C(=O)C2CC(=O)N(CCc3ccccc3)C2)c(OC)c1. The van der Waals surface area contributed by atoms with Crippen molar-refractivity contribution in [1.29, 1.82) is 0 Å². The smallest absolute Gasteiger partial charge is 0.228 e. The summed E-state index contributed by atoms with van der Waals surface area (Å²) in [4.78, 5) is 28.8. The predicted octanol–water partition coefficient (Wildman–Crippen LogP) is 2.75. The van der Waals surface area contributed by atoms with Gasteiger partial charge in [-0.15, -0.1) is 0 Å². The number of likely N-dealkylation sites (tertiary alicyclic amines) is 1. The van der Waals surface area contributed by atoms with E-state index >= 15 is 0 Å². The molecule has 0 saturated carbocycles. The van der Waals surface area contributed by atoms with E-state index in [1.54, 1.807) is 37.1 Å². The lowest BCUT2D eigenvalue weighted by Gasteiger charge is -2.22. The van der Waals surface area contributed by atoms with E-state index in [2.05, 4.69) is 12.1 Å². The molecule has 1 aliphatic rings. The molecule has 0 spiro atoms. The molecule has 2 amide bonds. The molecule has 6 nitrogen and oxygen atoms in total. The first-order chi connectivity index (χ1) is 14.0. The zero-order valence-corrected chi connectivity index (χ0v) is 17.3. The quantitative estimate of drug-likeness (QED) is 0.689. The molecule has 29 heavy (non-hydrogen) atoms. The van der Waals surface area contributed by atoms with E-state index in [1.807, 2.05) is 30.3 Å². The number of hydrogen-bond donors (Lipinski definition) is 0. The van der Waals surface area contributed by atoms with Crippen molar-refractivity contribution >= 4 is 11.8 Å². The Morgan fingerprint density at radius 1 is 1.14 bits per heavy atom. The van der Waals surface area contributed by atoms with Crippen molar-refractivity contribution in [2.45, 2.75) is 19.4 Å². The van der Waals surface area contributed by atoms with Crippen LogP contribution in [0.5, 0.6) is 11.5 Å². The first-order valence-corrected chi connectivity index (χ1v) is 9.79. The fraction of sp³-hybridized carbons (Fsp3) is 0.391. The predicted molar refractivity (Wildman–Crippen MR) is 111 cm³/mol. The molecule has 1 unspecified atom stereocenters. The van der Waals surface area contributed by atoms with Crippen molar-refractivity contribution in [3.8, 4) is 11.5 Å². The number of benzene rings is 2. The van der Waals surface area contributed by atoms with E-state index in [0.717, 1.165) is 12.0 Å². The summed E-state index contributed by atoms with van der Waals surface area (Å²) in [5.74, 6) is 1.12. The van der Waals surface area contributed by atoms with Crippen LogP contribution in [0.15, 0.2) is 48.5 Å². The zero-order chi connectivity index (χ0) is 20.8. The topological polar surface area (TPSA) is 59.1 Å². The van der Waals surface area contributed by atoms with Gasteiger partial charge >= 0.3 is 0 Å². The van der Waals surface area contributed by atoms with E-state index in [0.29, 0.717) is 31.1 Å². The van der Waals surface area contributed by atoms with Crippen LogP contribution in [0.2, 0.25) is 0 Å². The molecule has 0 N–H and O–H groups in total. The van der Waals surface area contributed by atoms with Crippen LogP contribution in [-0.4, -0.2) is 56.0 Å². The number of amides is 2. The van der Waals surface area contributed by atoms with Crippen molar-refractivity contribution in [3.63, 3.8) is 0 Å². The van der Waals surface area contributed by atoms with Crippen molar-refractivity contribution in [1.82, 2.24) is 9.80 Å². The van der Waals surface area contributed by atoms with Crippen LogP contribution < -0.4 is 9.47 Å². The highest BCUT2D eigenvalue weighted by Crippen LogP contribution is 2.27. The first-order valence-electron chi connectivity index (χ1n) is 9.79. The molecule has 1 heterocycles. The Balaban J connectivity index is 1.58. The maximum atomic E-state index is 12.9. The van der Waals surface area contributed by atoms with Gasteiger partial charge in [0.2, 0.25) is 11.8 Å². The number of ether oxygens (including phenoxy) is 2. The molecule has 6 heteroatoms. The van der Waals surface area contributed by atoms with Gasteiger partial charge in [0.25, 0.3) is 0 Å². The summed E-state index contributed by atoms with van der Waals surface area (Å²) in [6.07, 6.45) is 1.07. The summed E-state index contributed by atoms with van der Waals surface area (Å²) in [6, 6.07) is 15.6. The van der Waals surface area contributed by atoms with E-state index in [4.69, 9.17) is 9.47 Å². The number of hydrogen-bond acceptors (Lipinski definition) is 4. The number of carbonyl (C=O) groups is 2. The van der Waals surface area contributed by atoms with Crippen molar-refractivity contribution < 1.29 is 19.1 Å². The minimum Gasteiger partial charge on any atom is -0.497 e. The van der Waals surface area contributed by atoms with Crippen LogP contribution in [0.1, 0.15) is 17.5 Å². The first kappa shape index (κ1) is 20.7. The fourth-order valence-electron chi connectivity index (χ4n) is 3.69. The Kier molecular flexibility index (Phi) is 6.75. The number of methoxy groups -OCH3 is 2. The molecule has 2 aromatic carbocycles. The van der Waals surface area contributed by atoms with Crippen LogP contribution in [0.25, 0.3) is 0 Å². The van der Waals surface area contributed by atoms with Gasteiger partial charge in [-0.05, 0) is 24.1 Å². The highest BCUT2D eigenvalue weighted by Gasteiger charge is 2.35. The van der Waals surface area contributed by atoms with Gasteiger partial charge in [0.15, 0.2) is 0 Å². The Labute approximate surface area is 172 Å². The van der Waals surface area contributed by atoms with Crippen LogP contribution in [0.4, 0.5) is 0 Å². The van der Waals surface area contributed by atoms with Crippen LogP contribution >= 0.6 is 0 Å². The minimum atomic E-state index is -0.299. The lowest BCUT2D eigenvalue weighted by atomic mass is 10.1. The zero-order valence-electron chi connectivity index (χ0n) is 17.3. The second-order valence-corrected chi connectivity index (χ2v) is 7.35. The average Bonchev–Trinajstić information content (AvgIpc) is 3.13. The second kappa shape index (κ2) is 9.45. The summed E-state index contributed by atoms with van der Waals surface area (Å²) in [7, 11) is 4.97. The Morgan fingerprint density at radius 3 is 2.59 bits per heavy atom. The van der Waals surface area contributed by atoms with E-state index in [1.165, 1.54) is 5.56 Å². The maximum absolute atomic E-state index is 12.9. The third-order valence-corrected chi connectivity index (χ3v) is 5.35. The van der Waals surface area contributed by atoms with Gasteiger partial charge in [-0.25, -0.2) is 0 Å². The monoisotopic (exact) mass is 396 g/mol. The highest BCUT2D eigenvalue weighted by atomic mass is 16.5. The third kappa shape index (κ3) is 5.08. The van der Waals surface area contributed by atoms with E-state index < -0.39 is 0 Å². The van der Waals surface area contributed by atoms with Gasteiger partial charge in [-0.1, -0.05) is 30.3 Å². The largest absolute Gasteiger partial charge is 0.497 e. The standard InChI is InChI=1S/C23H28N2O4/c1-24(15-18-9-10-20(28-2)14-21(18)29-3)23(27)19-13-22(26)25(16-19)12-11-17-7-5-4-6-8-17/h4-10,14,19H,11-13,15-16H2,1-3H3. The summed E-state index contributed by atoms with van der Waals surface area (Å²) in [5, 5.41) is 0. The molecule has 1 fully saturated rings. The van der Waals surface area contributed by atoms with Gasteiger partial charge < -0.3 is 19.3 Å². The third-order valence-electron chi connectivity index (χ3n) is 5.35. The molecule has 0 radical (unpaired) electrons. The van der Waals surface area contributed by atoms with Gasteiger partial charge in [0, 0.05) is 44.7 Å². The Morgan fingerprint density at radius 2 is 1.90 bits per heavy atom. The maximum Gasteiger partial charge on any atom is 0.228 e. The molecule has 0 aliphatic carbocycles. The molecule has 3 rings (SSSR count). The second-order valence-electron chi connectivity index (χ2n) is 7.35. The normalized spacial score (nSPS) is 16.0. The highest BCUT2D eigenvalue weighted by molar-refractivity contribution is 5.89. The van der Waals surface area contributed by atoms with Gasteiger partial charge in [0.05, 0.1) is 20.1 Å². The average molecular weight is 396 g/mol. The van der Waals surface area contributed by atoms with Crippen LogP contribution in [-0.2, 0) is 22.6 Å². The lowest BCUT2D eigenvalue weighted by Crippen LogP contribution is -2.34. The van der Waals surface area contributed by atoms with E-state index in [9.17, 15) is 9.59 Å². The summed E-state index contributed by atoms with van der Waals surface area (Å²) >= 11 is 0. The van der Waals surface area contributed by atoms with Crippen LogP contribution in [0.3, 0.4) is 0 Å². The Bertz CT molecular complexity index is 853. The molecular weight excluding hydrogens is 368 g/mol. The fourth-order valence-corrected chi connectivity index (χ4v) is 3.69. The molecule has 2 aromatic rings. The van der Waals surface area contributed by atoms with Gasteiger partial charge in [0.1, 0.15) is 11.5 Å². The summed E-state index contributed by atoms with van der Waals surface area (Å²) < 4.78 is 10.6. The van der Waals surface area contributed by atoms with Crippen molar-refractivity contribution in [2.75, 3.05) is 34.4 Å².